The lowest BCUT2D eigenvalue weighted by Gasteiger charge is -2.09. The van der Waals surface area contributed by atoms with Crippen LogP contribution < -0.4 is 14.9 Å². The fraction of sp³-hybridized carbons (Fsp3) is 0.0909. The van der Waals surface area contributed by atoms with Gasteiger partial charge in [-0.15, -0.1) is 0 Å². The molecule has 0 aromatic heterocycles. The molecule has 0 spiro atoms. The van der Waals surface area contributed by atoms with Gasteiger partial charge in [-0.1, -0.05) is 18.2 Å². The maximum Gasteiger partial charge on any atom is 0.271 e. The van der Waals surface area contributed by atoms with Crippen molar-refractivity contribution in [3.63, 3.8) is 0 Å². The van der Waals surface area contributed by atoms with E-state index in [0.29, 0.717) is 11.5 Å². The zero-order valence-corrected chi connectivity index (χ0v) is 18.5. The summed E-state index contributed by atoms with van der Waals surface area (Å²) in [5.41, 5.74) is 3.91. The number of carbonyl (C=O) groups is 1. The number of benzene rings is 3. The minimum absolute atomic E-state index is 0.189. The Kier molecular flexibility index (Phi) is 7.04. The number of hydrogen-bond donors (Lipinski definition) is 2. The van der Waals surface area contributed by atoms with Gasteiger partial charge in [-0.2, -0.15) is 5.10 Å². The summed E-state index contributed by atoms with van der Waals surface area (Å²) in [6, 6.07) is 17.6. The van der Waals surface area contributed by atoms with Crippen molar-refractivity contribution in [2.24, 2.45) is 5.10 Å². The van der Waals surface area contributed by atoms with Crippen LogP contribution in [0.1, 0.15) is 22.8 Å². The Labute approximate surface area is 190 Å². The van der Waals surface area contributed by atoms with Gasteiger partial charge in [-0.05, 0) is 49.4 Å². The number of anilines is 1. The second-order valence-corrected chi connectivity index (χ2v) is 8.49. The van der Waals surface area contributed by atoms with Crippen molar-refractivity contribution in [1.29, 1.82) is 0 Å². The van der Waals surface area contributed by atoms with Crippen LogP contribution in [0, 0.1) is 10.1 Å². The van der Waals surface area contributed by atoms with E-state index >= 15 is 0 Å². The molecule has 0 bridgehead atoms. The maximum atomic E-state index is 12.5. The summed E-state index contributed by atoms with van der Waals surface area (Å²) in [6.45, 7) is 1.74. The quantitative estimate of drug-likeness (QED) is 0.294. The van der Waals surface area contributed by atoms with E-state index in [1.165, 1.54) is 42.5 Å². The lowest BCUT2D eigenvalue weighted by Crippen LogP contribution is -2.19. The second kappa shape index (κ2) is 9.92. The normalized spacial score (nSPS) is 11.5. The van der Waals surface area contributed by atoms with Crippen LogP contribution in [0.4, 0.5) is 11.4 Å². The Hall–Kier alpha value is -4.25. The van der Waals surface area contributed by atoms with Gasteiger partial charge in [0.15, 0.2) is 0 Å². The first-order valence-corrected chi connectivity index (χ1v) is 11.0. The molecule has 11 heteroatoms. The van der Waals surface area contributed by atoms with Gasteiger partial charge < -0.3 is 4.74 Å². The lowest BCUT2D eigenvalue weighted by atomic mass is 10.1. The lowest BCUT2D eigenvalue weighted by molar-refractivity contribution is -0.385. The van der Waals surface area contributed by atoms with Crippen LogP contribution in [0.15, 0.2) is 82.8 Å². The number of nitrogens with zero attached hydrogens (tertiary/aromatic N) is 2. The van der Waals surface area contributed by atoms with Crippen molar-refractivity contribution in [3.8, 4) is 5.75 Å². The van der Waals surface area contributed by atoms with Gasteiger partial charge >= 0.3 is 0 Å². The van der Waals surface area contributed by atoms with Crippen LogP contribution in [0.25, 0.3) is 0 Å². The average Bonchev–Trinajstić information content (AvgIpc) is 2.82. The Morgan fingerprint density at radius 1 is 1.00 bits per heavy atom. The van der Waals surface area contributed by atoms with Crippen molar-refractivity contribution in [2.75, 3.05) is 11.8 Å². The predicted molar refractivity (Wildman–Crippen MR) is 123 cm³/mol. The SMILES string of the molecule is COc1cccc(/C(C)=N\NC(=O)c2ccc(NS(=O)(=O)c3cccc([N+](=O)[O-])c3)cc2)c1. The van der Waals surface area contributed by atoms with Crippen LogP contribution in [0.3, 0.4) is 0 Å². The summed E-state index contributed by atoms with van der Waals surface area (Å²) < 4.78 is 32.5. The van der Waals surface area contributed by atoms with Crippen molar-refractivity contribution in [1.82, 2.24) is 5.43 Å². The van der Waals surface area contributed by atoms with Gasteiger partial charge in [-0.3, -0.25) is 19.6 Å². The van der Waals surface area contributed by atoms with Crippen LogP contribution in [-0.2, 0) is 10.0 Å². The molecule has 0 aliphatic rings. The van der Waals surface area contributed by atoms with Crippen molar-refractivity contribution in [2.45, 2.75) is 11.8 Å². The molecule has 0 atom stereocenters. The van der Waals surface area contributed by atoms with Crippen LogP contribution in [-0.4, -0.2) is 32.1 Å². The zero-order valence-electron chi connectivity index (χ0n) is 17.7. The highest BCUT2D eigenvalue weighted by molar-refractivity contribution is 7.92. The molecule has 0 unspecified atom stereocenters. The summed E-state index contributed by atoms with van der Waals surface area (Å²) in [4.78, 5) is 22.3. The van der Waals surface area contributed by atoms with Crippen molar-refractivity contribution in [3.05, 3.63) is 94.0 Å². The molecular weight excluding hydrogens is 448 g/mol. The van der Waals surface area contributed by atoms with E-state index < -0.39 is 20.9 Å². The van der Waals surface area contributed by atoms with E-state index in [1.54, 1.807) is 26.2 Å². The first kappa shape index (κ1) is 23.4. The van der Waals surface area contributed by atoms with E-state index in [2.05, 4.69) is 15.2 Å². The minimum Gasteiger partial charge on any atom is -0.497 e. The largest absolute Gasteiger partial charge is 0.497 e. The molecule has 0 aliphatic carbocycles. The van der Waals surface area contributed by atoms with E-state index in [0.717, 1.165) is 11.6 Å². The van der Waals surface area contributed by atoms with Crippen LogP contribution in [0.2, 0.25) is 0 Å². The maximum absolute atomic E-state index is 12.5. The first-order valence-electron chi connectivity index (χ1n) is 9.56. The average molecular weight is 468 g/mol. The number of nitro benzene ring substituents is 1. The fourth-order valence-electron chi connectivity index (χ4n) is 2.78. The van der Waals surface area contributed by atoms with E-state index in [9.17, 15) is 23.3 Å². The van der Waals surface area contributed by atoms with Gasteiger partial charge in [0.2, 0.25) is 0 Å². The molecule has 10 nitrogen and oxygen atoms in total. The number of non-ortho nitro benzene ring substituents is 1. The number of ether oxygens (including phenoxy) is 1. The van der Waals surface area contributed by atoms with Gasteiger partial charge in [0, 0.05) is 28.9 Å². The number of nitro groups is 1. The monoisotopic (exact) mass is 468 g/mol. The van der Waals surface area contributed by atoms with Gasteiger partial charge in [-0.25, -0.2) is 13.8 Å². The number of rotatable bonds is 8. The third-order valence-electron chi connectivity index (χ3n) is 4.55. The van der Waals surface area contributed by atoms with E-state index in [4.69, 9.17) is 4.74 Å². The smallest absolute Gasteiger partial charge is 0.271 e. The third kappa shape index (κ3) is 5.92. The summed E-state index contributed by atoms with van der Waals surface area (Å²) in [6.07, 6.45) is 0. The third-order valence-corrected chi connectivity index (χ3v) is 5.93. The van der Waals surface area contributed by atoms with Crippen molar-refractivity contribution >= 4 is 33.0 Å². The van der Waals surface area contributed by atoms with Gasteiger partial charge in [0.05, 0.1) is 22.6 Å². The number of sulfonamides is 1. The summed E-state index contributed by atoms with van der Waals surface area (Å²) in [5, 5.41) is 15.0. The summed E-state index contributed by atoms with van der Waals surface area (Å²) in [7, 11) is -2.49. The number of methoxy groups -OCH3 is 1. The Morgan fingerprint density at radius 3 is 2.36 bits per heavy atom. The predicted octanol–water partition coefficient (Wildman–Crippen LogP) is 3.56. The number of amides is 1. The van der Waals surface area contributed by atoms with Crippen LogP contribution in [0.5, 0.6) is 5.75 Å². The Morgan fingerprint density at radius 2 is 1.70 bits per heavy atom. The zero-order chi connectivity index (χ0) is 24.0. The molecule has 3 aromatic rings. The molecule has 0 fully saturated rings. The number of carbonyl (C=O) groups excluding carboxylic acids is 1. The molecule has 170 valence electrons. The standard InChI is InChI=1S/C22H20N4O6S/c1-15(17-5-3-7-20(13-17)32-2)23-24-22(27)16-9-11-18(12-10-16)25-33(30,31)21-8-4-6-19(14-21)26(28)29/h3-14,25H,1-2H3,(H,24,27)/b23-15-. The molecule has 0 heterocycles. The number of nitrogens with one attached hydrogen (secondary N) is 2. The first-order chi connectivity index (χ1) is 15.7. The number of hydrogen-bond acceptors (Lipinski definition) is 7. The molecule has 0 saturated carbocycles. The Balaban J connectivity index is 1.68. The molecule has 0 aliphatic heterocycles. The molecule has 3 aromatic carbocycles. The molecule has 3 rings (SSSR count). The summed E-state index contributed by atoms with van der Waals surface area (Å²) >= 11 is 0. The highest BCUT2D eigenvalue weighted by Crippen LogP contribution is 2.21. The molecule has 1 amide bonds. The molecule has 0 saturated heterocycles. The molecular formula is C22H20N4O6S. The van der Waals surface area contributed by atoms with Crippen molar-refractivity contribution < 1.29 is 22.9 Å². The Bertz CT molecular complexity index is 1320. The second-order valence-electron chi connectivity index (χ2n) is 6.81. The fourth-order valence-corrected chi connectivity index (χ4v) is 3.88. The van der Waals surface area contributed by atoms with Gasteiger partial charge in [0.25, 0.3) is 21.6 Å². The van der Waals surface area contributed by atoms with E-state index in [1.807, 2.05) is 12.1 Å². The van der Waals surface area contributed by atoms with Gasteiger partial charge in [0.1, 0.15) is 5.75 Å². The molecule has 0 radical (unpaired) electrons. The molecule has 2 N–H and O–H groups in total. The summed E-state index contributed by atoms with van der Waals surface area (Å²) in [5.74, 6) is 0.182. The van der Waals surface area contributed by atoms with Crippen LogP contribution >= 0.6 is 0 Å². The molecule has 33 heavy (non-hydrogen) atoms. The highest BCUT2D eigenvalue weighted by Gasteiger charge is 2.18. The minimum atomic E-state index is -4.05. The highest BCUT2D eigenvalue weighted by atomic mass is 32.2. The van der Waals surface area contributed by atoms with E-state index in [-0.39, 0.29) is 21.8 Å². The number of hydrazone groups is 1. The topological polar surface area (TPSA) is 140 Å².